The van der Waals surface area contributed by atoms with Crippen molar-refractivity contribution in [1.29, 1.82) is 0 Å². The molecule has 0 fully saturated rings. The number of carbonyl (C=O) groups is 1. The first-order valence-corrected chi connectivity index (χ1v) is 6.12. The summed E-state index contributed by atoms with van der Waals surface area (Å²) in [4.78, 5) is 15.2. The SMILES string of the molecule is Cc1nc2cccc(-c3cc(C(=O)O)[nH]n3)c2s1. The van der Waals surface area contributed by atoms with Crippen LogP contribution in [0.5, 0.6) is 0 Å². The summed E-state index contributed by atoms with van der Waals surface area (Å²) in [5, 5.41) is 16.4. The van der Waals surface area contributed by atoms with E-state index in [4.69, 9.17) is 5.11 Å². The predicted molar refractivity (Wildman–Crippen MR) is 68.9 cm³/mol. The third-order valence-corrected chi connectivity index (χ3v) is 3.63. The zero-order valence-electron chi connectivity index (χ0n) is 9.47. The van der Waals surface area contributed by atoms with E-state index in [1.807, 2.05) is 25.1 Å². The lowest BCUT2D eigenvalue weighted by Crippen LogP contribution is -1.95. The van der Waals surface area contributed by atoms with E-state index in [0.717, 1.165) is 20.8 Å². The zero-order valence-corrected chi connectivity index (χ0v) is 10.3. The molecule has 0 spiro atoms. The van der Waals surface area contributed by atoms with Gasteiger partial charge in [0.1, 0.15) is 5.69 Å². The van der Waals surface area contributed by atoms with Gasteiger partial charge in [0.25, 0.3) is 0 Å². The van der Waals surface area contributed by atoms with Crippen LogP contribution in [-0.4, -0.2) is 26.3 Å². The molecule has 0 radical (unpaired) electrons. The monoisotopic (exact) mass is 259 g/mol. The molecule has 5 nitrogen and oxygen atoms in total. The molecule has 6 heteroatoms. The Hall–Kier alpha value is -2.21. The summed E-state index contributed by atoms with van der Waals surface area (Å²) < 4.78 is 1.03. The highest BCUT2D eigenvalue weighted by Crippen LogP contribution is 2.31. The van der Waals surface area contributed by atoms with Gasteiger partial charge < -0.3 is 5.11 Å². The van der Waals surface area contributed by atoms with E-state index in [1.54, 1.807) is 11.3 Å². The fraction of sp³-hybridized carbons (Fsp3) is 0.0833. The van der Waals surface area contributed by atoms with Crippen LogP contribution in [-0.2, 0) is 0 Å². The van der Waals surface area contributed by atoms with Gasteiger partial charge >= 0.3 is 5.97 Å². The van der Waals surface area contributed by atoms with Crippen molar-refractivity contribution in [2.75, 3.05) is 0 Å². The van der Waals surface area contributed by atoms with Crippen LogP contribution in [0.3, 0.4) is 0 Å². The number of benzene rings is 1. The molecule has 0 aliphatic rings. The third kappa shape index (κ3) is 1.67. The average Bonchev–Trinajstić information content (AvgIpc) is 2.92. The maximum atomic E-state index is 10.8. The molecule has 2 heterocycles. The molecule has 3 rings (SSSR count). The highest BCUT2D eigenvalue weighted by Gasteiger charge is 2.13. The van der Waals surface area contributed by atoms with Gasteiger partial charge in [-0.15, -0.1) is 11.3 Å². The second-order valence-electron chi connectivity index (χ2n) is 3.86. The van der Waals surface area contributed by atoms with E-state index in [2.05, 4.69) is 15.2 Å². The molecule has 90 valence electrons. The summed E-state index contributed by atoms with van der Waals surface area (Å²) >= 11 is 1.58. The standard InChI is InChI=1S/C12H9N3O2S/c1-6-13-8-4-2-3-7(11(8)18-6)9-5-10(12(16)17)15-14-9/h2-5H,1H3,(H,14,15)(H,16,17). The minimum atomic E-state index is -1.01. The number of hydrogen-bond acceptors (Lipinski definition) is 4. The Morgan fingerprint density at radius 3 is 3.00 bits per heavy atom. The first kappa shape index (κ1) is 10.9. The van der Waals surface area contributed by atoms with E-state index >= 15 is 0 Å². The predicted octanol–water partition coefficient (Wildman–Crippen LogP) is 2.69. The maximum Gasteiger partial charge on any atom is 0.353 e. The molecule has 18 heavy (non-hydrogen) atoms. The van der Waals surface area contributed by atoms with Crippen molar-refractivity contribution in [2.24, 2.45) is 0 Å². The molecule has 3 aromatic rings. The zero-order chi connectivity index (χ0) is 12.7. The summed E-state index contributed by atoms with van der Waals surface area (Å²) in [6, 6.07) is 7.28. The van der Waals surface area contributed by atoms with Crippen LogP contribution in [0.1, 0.15) is 15.5 Å². The van der Waals surface area contributed by atoms with Gasteiger partial charge in [-0.05, 0) is 19.1 Å². The van der Waals surface area contributed by atoms with Crippen molar-refractivity contribution in [1.82, 2.24) is 15.2 Å². The molecule has 0 unspecified atom stereocenters. The van der Waals surface area contributed by atoms with Gasteiger partial charge in [0.2, 0.25) is 0 Å². The number of H-pyrrole nitrogens is 1. The molecule has 0 bridgehead atoms. The minimum absolute atomic E-state index is 0.0863. The first-order chi connectivity index (χ1) is 8.65. The van der Waals surface area contributed by atoms with Gasteiger partial charge in [-0.2, -0.15) is 5.10 Å². The Kier molecular flexibility index (Phi) is 2.38. The number of nitrogens with one attached hydrogen (secondary N) is 1. The van der Waals surface area contributed by atoms with Crippen molar-refractivity contribution in [3.8, 4) is 11.3 Å². The number of rotatable bonds is 2. The van der Waals surface area contributed by atoms with Gasteiger partial charge in [0, 0.05) is 5.56 Å². The Morgan fingerprint density at radius 2 is 2.28 bits per heavy atom. The smallest absolute Gasteiger partial charge is 0.353 e. The van der Waals surface area contributed by atoms with E-state index in [-0.39, 0.29) is 5.69 Å². The van der Waals surface area contributed by atoms with E-state index in [0.29, 0.717) is 5.69 Å². The molecule has 0 atom stereocenters. The molecule has 1 aromatic carbocycles. The van der Waals surface area contributed by atoms with Gasteiger partial charge in [0.05, 0.1) is 20.9 Å². The van der Waals surface area contributed by atoms with Crippen molar-refractivity contribution in [3.05, 3.63) is 35.0 Å². The highest BCUT2D eigenvalue weighted by molar-refractivity contribution is 7.19. The number of thiazole rings is 1. The summed E-state index contributed by atoms with van der Waals surface area (Å²) in [7, 11) is 0. The lowest BCUT2D eigenvalue weighted by Gasteiger charge is -1.96. The molecule has 0 aliphatic heterocycles. The van der Waals surface area contributed by atoms with Crippen LogP contribution in [0, 0.1) is 6.92 Å². The Bertz CT molecular complexity index is 745. The van der Waals surface area contributed by atoms with E-state index < -0.39 is 5.97 Å². The number of hydrogen-bond donors (Lipinski definition) is 2. The normalized spacial score (nSPS) is 10.9. The Labute approximate surface area is 106 Å². The van der Waals surface area contributed by atoms with Crippen molar-refractivity contribution in [3.63, 3.8) is 0 Å². The number of aromatic amines is 1. The lowest BCUT2D eigenvalue weighted by molar-refractivity contribution is 0.0690. The average molecular weight is 259 g/mol. The summed E-state index contributed by atoms with van der Waals surface area (Å²) in [6.07, 6.45) is 0. The molecular weight excluding hydrogens is 250 g/mol. The second-order valence-corrected chi connectivity index (χ2v) is 5.06. The summed E-state index contributed by atoms with van der Waals surface area (Å²) in [5.41, 5.74) is 2.53. The maximum absolute atomic E-state index is 10.8. The van der Waals surface area contributed by atoms with Gasteiger partial charge in [-0.3, -0.25) is 5.10 Å². The van der Waals surface area contributed by atoms with Crippen molar-refractivity contribution < 1.29 is 9.90 Å². The molecular formula is C12H9N3O2S. The lowest BCUT2D eigenvalue weighted by atomic mass is 10.1. The topological polar surface area (TPSA) is 78.9 Å². The summed E-state index contributed by atoms with van der Waals surface area (Å²) in [5.74, 6) is -1.01. The van der Waals surface area contributed by atoms with Crippen LogP contribution in [0.2, 0.25) is 0 Å². The van der Waals surface area contributed by atoms with E-state index in [1.165, 1.54) is 6.07 Å². The Balaban J connectivity index is 2.21. The number of carboxylic acid groups (broad SMARTS) is 1. The van der Waals surface area contributed by atoms with Gasteiger partial charge in [0.15, 0.2) is 0 Å². The largest absolute Gasteiger partial charge is 0.477 e. The van der Waals surface area contributed by atoms with Crippen LogP contribution in [0.25, 0.3) is 21.5 Å². The number of carboxylic acids is 1. The van der Waals surface area contributed by atoms with Crippen molar-refractivity contribution >= 4 is 27.5 Å². The fourth-order valence-corrected chi connectivity index (χ4v) is 2.77. The fourth-order valence-electron chi connectivity index (χ4n) is 1.83. The number of aryl methyl sites for hydroxylation is 1. The number of aromatic carboxylic acids is 1. The molecule has 0 saturated heterocycles. The quantitative estimate of drug-likeness (QED) is 0.741. The minimum Gasteiger partial charge on any atom is -0.477 e. The van der Waals surface area contributed by atoms with E-state index in [9.17, 15) is 4.79 Å². The molecule has 0 amide bonds. The van der Waals surface area contributed by atoms with Gasteiger partial charge in [-0.1, -0.05) is 12.1 Å². The molecule has 2 aromatic heterocycles. The summed E-state index contributed by atoms with van der Waals surface area (Å²) in [6.45, 7) is 1.95. The van der Waals surface area contributed by atoms with Crippen LogP contribution in [0.4, 0.5) is 0 Å². The number of nitrogens with zero attached hydrogens (tertiary/aromatic N) is 2. The Morgan fingerprint density at radius 1 is 1.44 bits per heavy atom. The van der Waals surface area contributed by atoms with Crippen LogP contribution < -0.4 is 0 Å². The number of aromatic nitrogens is 3. The third-order valence-electron chi connectivity index (χ3n) is 2.61. The number of fused-ring (bicyclic) bond motifs is 1. The van der Waals surface area contributed by atoms with Gasteiger partial charge in [-0.25, -0.2) is 9.78 Å². The molecule has 0 aliphatic carbocycles. The molecule has 0 saturated carbocycles. The second kappa shape index (κ2) is 3.92. The highest BCUT2D eigenvalue weighted by atomic mass is 32.1. The van der Waals surface area contributed by atoms with Crippen LogP contribution >= 0.6 is 11.3 Å². The van der Waals surface area contributed by atoms with Crippen molar-refractivity contribution in [2.45, 2.75) is 6.92 Å². The van der Waals surface area contributed by atoms with Crippen LogP contribution in [0.15, 0.2) is 24.3 Å². The molecule has 2 N–H and O–H groups in total. The first-order valence-electron chi connectivity index (χ1n) is 5.30.